The Bertz CT molecular complexity index is 375. The number of hydrogen-bond acceptors (Lipinski definition) is 2. The van der Waals surface area contributed by atoms with E-state index in [9.17, 15) is 0 Å². The largest absolute Gasteiger partial charge is 0.497 e. The highest BCUT2D eigenvalue weighted by Gasteiger charge is 2.22. The average molecular weight is 261 g/mol. The monoisotopic (exact) mass is 261 g/mol. The van der Waals surface area contributed by atoms with Crippen LogP contribution in [0.4, 0.5) is 0 Å². The highest BCUT2D eigenvalue weighted by atomic mass is 16.5. The van der Waals surface area contributed by atoms with Crippen molar-refractivity contribution in [2.75, 3.05) is 13.7 Å². The van der Waals surface area contributed by atoms with E-state index in [1.165, 1.54) is 5.56 Å². The Labute approximate surface area is 117 Å². The first kappa shape index (κ1) is 15.8. The van der Waals surface area contributed by atoms with Crippen LogP contribution in [0.15, 0.2) is 36.9 Å². The molecule has 2 nitrogen and oxygen atoms in total. The van der Waals surface area contributed by atoms with Crippen LogP contribution in [0.2, 0.25) is 0 Å². The molecule has 1 N–H and O–H groups in total. The van der Waals surface area contributed by atoms with E-state index < -0.39 is 0 Å². The average Bonchev–Trinajstić information content (AvgIpc) is 2.37. The molecule has 1 rings (SSSR count). The quantitative estimate of drug-likeness (QED) is 0.748. The molecule has 0 fully saturated rings. The van der Waals surface area contributed by atoms with E-state index in [-0.39, 0.29) is 0 Å². The van der Waals surface area contributed by atoms with Crippen molar-refractivity contribution < 1.29 is 4.74 Å². The fraction of sp³-hybridized carbons (Fsp3) is 0.529. The minimum atomic E-state index is 0.307. The van der Waals surface area contributed by atoms with E-state index >= 15 is 0 Å². The van der Waals surface area contributed by atoms with Gasteiger partial charge in [-0.05, 0) is 42.0 Å². The molecule has 0 aromatic heterocycles. The van der Waals surface area contributed by atoms with Crippen molar-refractivity contribution in [2.24, 2.45) is 11.3 Å². The molecule has 2 heteroatoms. The molecule has 1 aromatic rings. The van der Waals surface area contributed by atoms with Gasteiger partial charge in [0.25, 0.3) is 0 Å². The zero-order valence-electron chi connectivity index (χ0n) is 12.7. The summed E-state index contributed by atoms with van der Waals surface area (Å²) in [5.41, 5.74) is 1.59. The lowest BCUT2D eigenvalue weighted by Crippen LogP contribution is -2.31. The van der Waals surface area contributed by atoms with E-state index in [1.54, 1.807) is 7.11 Å². The molecule has 0 amide bonds. The molecule has 19 heavy (non-hydrogen) atoms. The number of benzene rings is 1. The number of hydrogen-bond donors (Lipinski definition) is 1. The van der Waals surface area contributed by atoms with Crippen LogP contribution >= 0.6 is 0 Å². The molecule has 0 saturated heterocycles. The first-order valence-corrected chi connectivity index (χ1v) is 6.92. The summed E-state index contributed by atoms with van der Waals surface area (Å²) < 4.78 is 5.16. The summed E-state index contributed by atoms with van der Waals surface area (Å²) in [4.78, 5) is 0. The van der Waals surface area contributed by atoms with E-state index in [0.717, 1.165) is 25.3 Å². The van der Waals surface area contributed by atoms with Gasteiger partial charge >= 0.3 is 0 Å². The Balaban J connectivity index is 2.44. The third kappa shape index (κ3) is 5.48. The lowest BCUT2D eigenvalue weighted by molar-refractivity contribution is 0.234. The van der Waals surface area contributed by atoms with Crippen LogP contribution in [0.3, 0.4) is 0 Å². The van der Waals surface area contributed by atoms with Crippen molar-refractivity contribution >= 4 is 0 Å². The van der Waals surface area contributed by atoms with Gasteiger partial charge in [0.1, 0.15) is 5.75 Å². The maximum absolute atomic E-state index is 5.16. The molecular formula is C17H27NO. The van der Waals surface area contributed by atoms with Crippen molar-refractivity contribution in [1.82, 2.24) is 5.32 Å². The Morgan fingerprint density at radius 2 is 1.89 bits per heavy atom. The van der Waals surface area contributed by atoms with E-state index in [0.29, 0.717) is 11.3 Å². The topological polar surface area (TPSA) is 21.3 Å². The number of allylic oxidation sites excluding steroid dienone is 1. The van der Waals surface area contributed by atoms with Gasteiger partial charge < -0.3 is 10.1 Å². The third-order valence-corrected chi connectivity index (χ3v) is 3.55. The molecule has 106 valence electrons. The van der Waals surface area contributed by atoms with Crippen molar-refractivity contribution in [3.05, 3.63) is 42.5 Å². The highest BCUT2D eigenvalue weighted by molar-refractivity contribution is 5.26. The molecular weight excluding hydrogens is 234 g/mol. The lowest BCUT2D eigenvalue weighted by Gasteiger charge is -2.30. The van der Waals surface area contributed by atoms with Gasteiger partial charge in [-0.15, -0.1) is 6.58 Å². The zero-order chi connectivity index (χ0) is 14.3. The first-order chi connectivity index (χ1) is 8.97. The fourth-order valence-electron chi connectivity index (χ4n) is 2.08. The van der Waals surface area contributed by atoms with Crippen LogP contribution < -0.4 is 10.1 Å². The van der Waals surface area contributed by atoms with Gasteiger partial charge in [0.2, 0.25) is 0 Å². The second kappa shape index (κ2) is 7.34. The summed E-state index contributed by atoms with van der Waals surface area (Å²) in [7, 11) is 1.69. The molecule has 1 aromatic carbocycles. The molecule has 0 radical (unpaired) electrons. The van der Waals surface area contributed by atoms with Crippen molar-refractivity contribution in [3.63, 3.8) is 0 Å². The number of rotatable bonds is 7. The Hall–Kier alpha value is -1.28. The molecule has 0 aliphatic carbocycles. The number of ether oxygens (including phenoxy) is 1. The second-order valence-electron chi connectivity index (χ2n) is 6.07. The van der Waals surface area contributed by atoms with Crippen molar-refractivity contribution in [3.8, 4) is 5.75 Å². The van der Waals surface area contributed by atoms with Crippen LogP contribution in [-0.2, 0) is 6.54 Å². The molecule has 0 heterocycles. The van der Waals surface area contributed by atoms with Crippen LogP contribution in [0.25, 0.3) is 0 Å². The summed E-state index contributed by atoms with van der Waals surface area (Å²) in [5, 5.41) is 3.54. The zero-order valence-corrected chi connectivity index (χ0v) is 12.7. The minimum Gasteiger partial charge on any atom is -0.497 e. The smallest absolute Gasteiger partial charge is 0.118 e. The summed E-state index contributed by atoms with van der Waals surface area (Å²) in [6, 6.07) is 8.21. The summed E-state index contributed by atoms with van der Waals surface area (Å²) in [6.07, 6.45) is 3.07. The van der Waals surface area contributed by atoms with E-state index in [2.05, 4.69) is 44.8 Å². The molecule has 0 spiro atoms. The van der Waals surface area contributed by atoms with Gasteiger partial charge in [-0.3, -0.25) is 0 Å². The highest BCUT2D eigenvalue weighted by Crippen LogP contribution is 2.28. The molecule has 0 aliphatic rings. The van der Waals surface area contributed by atoms with Gasteiger partial charge in [0.15, 0.2) is 0 Å². The van der Waals surface area contributed by atoms with Gasteiger partial charge in [-0.1, -0.05) is 39.0 Å². The molecule has 0 aliphatic heterocycles. The molecule has 1 unspecified atom stereocenters. The van der Waals surface area contributed by atoms with Crippen molar-refractivity contribution in [2.45, 2.75) is 33.7 Å². The maximum Gasteiger partial charge on any atom is 0.118 e. The molecule has 1 atom stereocenters. The Morgan fingerprint density at radius 1 is 1.26 bits per heavy atom. The normalized spacial score (nSPS) is 13.1. The van der Waals surface area contributed by atoms with Crippen LogP contribution in [0.5, 0.6) is 5.75 Å². The van der Waals surface area contributed by atoms with Crippen LogP contribution in [0.1, 0.15) is 32.8 Å². The summed E-state index contributed by atoms with van der Waals surface area (Å²) in [6.45, 7) is 12.6. The van der Waals surface area contributed by atoms with E-state index in [1.807, 2.05) is 18.2 Å². The first-order valence-electron chi connectivity index (χ1n) is 6.92. The van der Waals surface area contributed by atoms with Gasteiger partial charge in [-0.2, -0.15) is 0 Å². The molecule has 0 saturated carbocycles. The van der Waals surface area contributed by atoms with Gasteiger partial charge in [-0.25, -0.2) is 0 Å². The summed E-state index contributed by atoms with van der Waals surface area (Å²) in [5.74, 6) is 1.52. The van der Waals surface area contributed by atoms with Crippen molar-refractivity contribution in [1.29, 1.82) is 0 Å². The standard InChI is InChI=1S/C17H27NO/c1-6-7-15(17(2,3)4)13-18-12-14-8-10-16(19-5)11-9-14/h6,8-11,15,18H,1,7,12-13H2,2-5H3. The number of methoxy groups -OCH3 is 1. The minimum absolute atomic E-state index is 0.307. The fourth-order valence-corrected chi connectivity index (χ4v) is 2.08. The van der Waals surface area contributed by atoms with Gasteiger partial charge in [0, 0.05) is 6.54 Å². The van der Waals surface area contributed by atoms with Crippen LogP contribution in [-0.4, -0.2) is 13.7 Å². The maximum atomic E-state index is 5.16. The third-order valence-electron chi connectivity index (χ3n) is 3.55. The second-order valence-corrected chi connectivity index (χ2v) is 6.07. The SMILES string of the molecule is C=CCC(CNCc1ccc(OC)cc1)C(C)(C)C. The van der Waals surface area contributed by atoms with Crippen LogP contribution in [0, 0.1) is 11.3 Å². The molecule has 0 bridgehead atoms. The number of nitrogens with one attached hydrogen (secondary N) is 1. The van der Waals surface area contributed by atoms with E-state index in [4.69, 9.17) is 4.74 Å². The lowest BCUT2D eigenvalue weighted by atomic mass is 9.78. The predicted molar refractivity (Wildman–Crippen MR) is 82.5 cm³/mol. The Kier molecular flexibility index (Phi) is 6.10. The summed E-state index contributed by atoms with van der Waals surface area (Å²) >= 11 is 0. The predicted octanol–water partition coefficient (Wildman–Crippen LogP) is 4.02. The van der Waals surface area contributed by atoms with Gasteiger partial charge in [0.05, 0.1) is 7.11 Å². The Morgan fingerprint density at radius 3 is 2.37 bits per heavy atom.